The molecule has 0 aromatic heterocycles. The van der Waals surface area contributed by atoms with E-state index in [2.05, 4.69) is 4.74 Å². The van der Waals surface area contributed by atoms with E-state index >= 15 is 0 Å². The van der Waals surface area contributed by atoms with Crippen LogP contribution in [-0.2, 0) is 14.3 Å². The molecule has 0 heterocycles. The molecule has 0 radical (unpaired) electrons. The Kier molecular flexibility index (Phi) is 2.27. The van der Waals surface area contributed by atoms with E-state index in [-0.39, 0.29) is 23.6 Å². The lowest BCUT2D eigenvalue weighted by atomic mass is 9.99. The van der Waals surface area contributed by atoms with E-state index < -0.39 is 0 Å². The van der Waals surface area contributed by atoms with Crippen molar-refractivity contribution in [2.75, 3.05) is 7.11 Å². The van der Waals surface area contributed by atoms with Crippen molar-refractivity contribution in [3.05, 3.63) is 0 Å². The maximum Gasteiger partial charge on any atom is 0.309 e. The van der Waals surface area contributed by atoms with Crippen LogP contribution in [0.5, 0.6) is 0 Å². The number of ketones is 1. The van der Waals surface area contributed by atoms with Gasteiger partial charge < -0.3 is 4.74 Å². The number of esters is 1. The number of carbonyl (C=O) groups excluding carboxylic acids is 2. The van der Waals surface area contributed by atoms with Gasteiger partial charge in [-0.15, -0.1) is 0 Å². The summed E-state index contributed by atoms with van der Waals surface area (Å²) in [6.45, 7) is 1.91. The zero-order valence-corrected chi connectivity index (χ0v) is 6.79. The summed E-state index contributed by atoms with van der Waals surface area (Å²) in [6, 6.07) is 0. The van der Waals surface area contributed by atoms with Crippen molar-refractivity contribution < 1.29 is 14.3 Å². The standard InChI is InChI=1S/C8H12O3/c1-5-3-6(9)4-7(5)8(10)11-2/h5,7H,3-4H2,1-2H3/t5-,7-/m0/s1. The van der Waals surface area contributed by atoms with E-state index in [4.69, 9.17) is 0 Å². The van der Waals surface area contributed by atoms with Gasteiger partial charge in [0.05, 0.1) is 13.0 Å². The number of Topliss-reactive ketones (excluding diaryl/α,β-unsaturated/α-hetero) is 1. The van der Waals surface area contributed by atoms with Gasteiger partial charge in [0.15, 0.2) is 0 Å². The highest BCUT2D eigenvalue weighted by atomic mass is 16.5. The third kappa shape index (κ3) is 1.59. The van der Waals surface area contributed by atoms with E-state index in [1.165, 1.54) is 7.11 Å². The fraction of sp³-hybridized carbons (Fsp3) is 0.750. The molecule has 3 heteroatoms. The summed E-state index contributed by atoms with van der Waals surface area (Å²) in [4.78, 5) is 21.9. The summed E-state index contributed by atoms with van der Waals surface area (Å²) in [7, 11) is 1.36. The molecule has 0 unspecified atom stereocenters. The van der Waals surface area contributed by atoms with Crippen LogP contribution in [0, 0.1) is 11.8 Å². The molecule has 0 spiro atoms. The predicted molar refractivity (Wildman–Crippen MR) is 38.9 cm³/mol. The maximum atomic E-state index is 11.0. The lowest BCUT2D eigenvalue weighted by Crippen LogP contribution is -2.18. The molecule has 0 amide bonds. The fourth-order valence-corrected chi connectivity index (χ4v) is 1.50. The number of rotatable bonds is 1. The summed E-state index contributed by atoms with van der Waals surface area (Å²) < 4.78 is 4.56. The number of ether oxygens (including phenoxy) is 1. The number of carbonyl (C=O) groups is 2. The molecule has 0 N–H and O–H groups in total. The molecule has 0 saturated heterocycles. The van der Waals surface area contributed by atoms with E-state index in [1.807, 2.05) is 6.92 Å². The molecular weight excluding hydrogens is 144 g/mol. The van der Waals surface area contributed by atoms with E-state index in [1.54, 1.807) is 0 Å². The third-order valence-corrected chi connectivity index (χ3v) is 2.19. The van der Waals surface area contributed by atoms with Gasteiger partial charge in [0.25, 0.3) is 0 Å². The first-order valence-corrected chi connectivity index (χ1v) is 3.74. The first kappa shape index (κ1) is 8.24. The van der Waals surface area contributed by atoms with E-state index in [0.717, 1.165) is 0 Å². The van der Waals surface area contributed by atoms with Crippen molar-refractivity contribution >= 4 is 11.8 Å². The molecule has 0 bridgehead atoms. The van der Waals surface area contributed by atoms with Gasteiger partial charge in [-0.3, -0.25) is 9.59 Å². The Bertz CT molecular complexity index is 186. The first-order valence-electron chi connectivity index (χ1n) is 3.74. The molecule has 11 heavy (non-hydrogen) atoms. The Labute approximate surface area is 65.7 Å². The Hall–Kier alpha value is -0.860. The summed E-state index contributed by atoms with van der Waals surface area (Å²) in [5.74, 6) is -0.0984. The molecule has 62 valence electrons. The Morgan fingerprint density at radius 2 is 2.18 bits per heavy atom. The summed E-state index contributed by atoms with van der Waals surface area (Å²) in [5, 5.41) is 0. The second-order valence-electron chi connectivity index (χ2n) is 3.05. The maximum absolute atomic E-state index is 11.0. The van der Waals surface area contributed by atoms with Crippen LogP contribution >= 0.6 is 0 Å². The summed E-state index contributed by atoms with van der Waals surface area (Å²) in [6.07, 6.45) is 0.896. The highest BCUT2D eigenvalue weighted by Crippen LogP contribution is 2.29. The number of hydrogen-bond acceptors (Lipinski definition) is 3. The van der Waals surface area contributed by atoms with E-state index in [9.17, 15) is 9.59 Å². The minimum Gasteiger partial charge on any atom is -0.469 e. The van der Waals surface area contributed by atoms with Crippen LogP contribution < -0.4 is 0 Å². The van der Waals surface area contributed by atoms with Crippen LogP contribution in [0.4, 0.5) is 0 Å². The molecule has 0 aromatic rings. The van der Waals surface area contributed by atoms with Gasteiger partial charge in [0.2, 0.25) is 0 Å². The van der Waals surface area contributed by atoms with Crippen LogP contribution in [0.3, 0.4) is 0 Å². The molecular formula is C8H12O3. The van der Waals surface area contributed by atoms with Crippen LogP contribution in [0.1, 0.15) is 19.8 Å². The van der Waals surface area contributed by atoms with Crippen molar-refractivity contribution in [2.24, 2.45) is 11.8 Å². The molecule has 0 aromatic carbocycles. The average Bonchev–Trinajstić information content (AvgIpc) is 2.28. The Morgan fingerprint density at radius 1 is 1.55 bits per heavy atom. The molecule has 1 saturated carbocycles. The summed E-state index contributed by atoms with van der Waals surface area (Å²) >= 11 is 0. The largest absolute Gasteiger partial charge is 0.469 e. The predicted octanol–water partition coefficient (Wildman–Crippen LogP) is 0.775. The minimum atomic E-state index is -0.247. The van der Waals surface area contributed by atoms with Gasteiger partial charge in [-0.25, -0.2) is 0 Å². The fourth-order valence-electron chi connectivity index (χ4n) is 1.50. The number of hydrogen-bond donors (Lipinski definition) is 0. The average molecular weight is 156 g/mol. The zero-order chi connectivity index (χ0) is 8.43. The molecule has 1 aliphatic carbocycles. The summed E-state index contributed by atoms with van der Waals surface area (Å²) in [5.41, 5.74) is 0. The second kappa shape index (κ2) is 3.03. The van der Waals surface area contributed by atoms with Crippen molar-refractivity contribution in [3.63, 3.8) is 0 Å². The smallest absolute Gasteiger partial charge is 0.309 e. The van der Waals surface area contributed by atoms with Gasteiger partial charge in [-0.1, -0.05) is 6.92 Å². The Morgan fingerprint density at radius 3 is 2.55 bits per heavy atom. The molecule has 1 aliphatic rings. The van der Waals surface area contributed by atoms with Crippen LogP contribution in [0.15, 0.2) is 0 Å². The van der Waals surface area contributed by atoms with Crippen molar-refractivity contribution in [3.8, 4) is 0 Å². The van der Waals surface area contributed by atoms with Crippen molar-refractivity contribution in [1.29, 1.82) is 0 Å². The van der Waals surface area contributed by atoms with Crippen LogP contribution in [0.2, 0.25) is 0 Å². The third-order valence-electron chi connectivity index (χ3n) is 2.19. The van der Waals surface area contributed by atoms with Crippen LogP contribution in [0.25, 0.3) is 0 Å². The normalized spacial score (nSPS) is 30.5. The highest BCUT2D eigenvalue weighted by molar-refractivity contribution is 5.88. The topological polar surface area (TPSA) is 43.4 Å². The molecule has 1 fully saturated rings. The van der Waals surface area contributed by atoms with Crippen molar-refractivity contribution in [2.45, 2.75) is 19.8 Å². The minimum absolute atomic E-state index is 0.162. The first-order chi connectivity index (χ1) is 5.15. The monoisotopic (exact) mass is 156 g/mol. The molecule has 3 nitrogen and oxygen atoms in total. The van der Waals surface area contributed by atoms with Crippen molar-refractivity contribution in [1.82, 2.24) is 0 Å². The molecule has 0 aliphatic heterocycles. The number of methoxy groups -OCH3 is 1. The van der Waals surface area contributed by atoms with Gasteiger partial charge in [-0.05, 0) is 5.92 Å². The molecule has 2 atom stereocenters. The molecule has 1 rings (SSSR count). The Balaban J connectivity index is 2.59. The van der Waals surface area contributed by atoms with E-state index in [0.29, 0.717) is 12.8 Å². The van der Waals surface area contributed by atoms with Crippen LogP contribution in [-0.4, -0.2) is 18.9 Å². The van der Waals surface area contributed by atoms with Gasteiger partial charge in [0.1, 0.15) is 5.78 Å². The quantitative estimate of drug-likeness (QED) is 0.527. The lowest BCUT2D eigenvalue weighted by molar-refractivity contribution is -0.146. The van der Waals surface area contributed by atoms with Gasteiger partial charge >= 0.3 is 5.97 Å². The highest BCUT2D eigenvalue weighted by Gasteiger charge is 2.35. The second-order valence-corrected chi connectivity index (χ2v) is 3.05. The lowest BCUT2D eigenvalue weighted by Gasteiger charge is -2.09. The van der Waals surface area contributed by atoms with Gasteiger partial charge in [0, 0.05) is 12.8 Å². The zero-order valence-electron chi connectivity index (χ0n) is 6.79. The van der Waals surface area contributed by atoms with Gasteiger partial charge in [-0.2, -0.15) is 0 Å². The SMILES string of the molecule is COC(=O)[C@H]1CC(=O)C[C@@H]1C.